The first kappa shape index (κ1) is 13.9. The molecule has 0 radical (unpaired) electrons. The Balaban J connectivity index is 1.94. The summed E-state index contributed by atoms with van der Waals surface area (Å²) < 4.78 is 13.2. The fourth-order valence-electron chi connectivity index (χ4n) is 2.17. The molecule has 1 amide bonds. The Hall–Kier alpha value is -3.09. The maximum Gasteiger partial charge on any atom is 0.250 e. The lowest BCUT2D eigenvalue weighted by molar-refractivity contribution is 0.100. The van der Waals surface area contributed by atoms with E-state index in [2.05, 4.69) is 20.7 Å². The molecule has 0 saturated carbocycles. The van der Waals surface area contributed by atoms with E-state index in [4.69, 9.17) is 5.73 Å². The quantitative estimate of drug-likeness (QED) is 0.766. The van der Waals surface area contributed by atoms with E-state index in [0.29, 0.717) is 23.3 Å². The molecule has 0 fully saturated rings. The van der Waals surface area contributed by atoms with E-state index in [1.165, 1.54) is 12.1 Å². The summed E-state index contributed by atoms with van der Waals surface area (Å²) in [6.07, 6.45) is 0. The lowest BCUT2D eigenvalue weighted by atomic mass is 10.1. The van der Waals surface area contributed by atoms with Crippen LogP contribution in [0.2, 0.25) is 0 Å². The number of fused-ring (bicyclic) bond motifs is 1. The summed E-state index contributed by atoms with van der Waals surface area (Å²) in [5.41, 5.74) is 6.74. The monoisotopic (exact) mass is 297 g/mol. The van der Waals surface area contributed by atoms with Crippen LogP contribution in [0.1, 0.15) is 15.9 Å². The third kappa shape index (κ3) is 2.69. The van der Waals surface area contributed by atoms with Gasteiger partial charge < -0.3 is 11.1 Å². The Morgan fingerprint density at radius 1 is 1.18 bits per heavy atom. The van der Waals surface area contributed by atoms with E-state index in [1.807, 2.05) is 0 Å². The van der Waals surface area contributed by atoms with Crippen LogP contribution in [0, 0.1) is 5.82 Å². The van der Waals surface area contributed by atoms with Gasteiger partial charge in [-0.2, -0.15) is 0 Å². The maximum atomic E-state index is 13.2. The highest BCUT2D eigenvalue weighted by molar-refractivity contribution is 6.06. The minimum absolute atomic E-state index is 0.279. The van der Waals surface area contributed by atoms with Crippen molar-refractivity contribution in [3.8, 4) is 0 Å². The van der Waals surface area contributed by atoms with E-state index in [9.17, 15) is 9.18 Å². The van der Waals surface area contributed by atoms with Gasteiger partial charge in [0.25, 0.3) is 5.91 Å². The van der Waals surface area contributed by atoms with E-state index in [1.54, 1.807) is 30.3 Å². The average molecular weight is 297 g/mol. The number of primary amides is 1. The molecular formula is C15H12FN5O. The van der Waals surface area contributed by atoms with Crippen molar-refractivity contribution in [1.29, 1.82) is 0 Å². The Morgan fingerprint density at radius 3 is 2.77 bits per heavy atom. The van der Waals surface area contributed by atoms with Gasteiger partial charge in [-0.05, 0) is 35.0 Å². The summed E-state index contributed by atoms with van der Waals surface area (Å²) in [5, 5.41) is 15.1. The second-order valence-electron chi connectivity index (χ2n) is 4.69. The smallest absolute Gasteiger partial charge is 0.250 e. The van der Waals surface area contributed by atoms with E-state index in [0.717, 1.165) is 5.56 Å². The Labute approximate surface area is 125 Å². The highest BCUT2D eigenvalue weighted by Crippen LogP contribution is 2.21. The van der Waals surface area contributed by atoms with Gasteiger partial charge in [-0.25, -0.2) is 4.39 Å². The largest absolute Gasteiger partial charge is 0.366 e. The number of aromatic nitrogens is 3. The van der Waals surface area contributed by atoms with E-state index in [-0.39, 0.29) is 11.4 Å². The van der Waals surface area contributed by atoms with Gasteiger partial charge in [-0.15, -0.1) is 10.2 Å². The zero-order valence-electron chi connectivity index (χ0n) is 11.5. The first-order valence-corrected chi connectivity index (χ1v) is 6.55. The summed E-state index contributed by atoms with van der Waals surface area (Å²) in [6.45, 7) is 0.367. The number of halogens is 1. The molecule has 7 heteroatoms. The van der Waals surface area contributed by atoms with Crippen LogP contribution in [0.4, 0.5) is 10.2 Å². The zero-order chi connectivity index (χ0) is 15.5. The van der Waals surface area contributed by atoms with Crippen LogP contribution in [0.25, 0.3) is 10.9 Å². The molecule has 0 unspecified atom stereocenters. The lowest BCUT2D eigenvalue weighted by Crippen LogP contribution is -2.13. The number of nitrogens with zero attached hydrogens (tertiary/aromatic N) is 3. The molecule has 0 aliphatic rings. The van der Waals surface area contributed by atoms with E-state index >= 15 is 0 Å². The Bertz CT molecular complexity index is 852. The number of nitrogens with two attached hydrogens (primary N) is 1. The highest BCUT2D eigenvalue weighted by Gasteiger charge is 2.11. The summed E-state index contributed by atoms with van der Waals surface area (Å²) in [5.74, 6) is -0.430. The summed E-state index contributed by atoms with van der Waals surface area (Å²) in [4.78, 5) is 11.4. The zero-order valence-corrected chi connectivity index (χ0v) is 11.5. The van der Waals surface area contributed by atoms with Gasteiger partial charge in [0.2, 0.25) is 0 Å². The molecule has 22 heavy (non-hydrogen) atoms. The molecule has 0 atom stereocenters. The number of benzene rings is 2. The number of rotatable bonds is 4. The van der Waals surface area contributed by atoms with Crippen molar-refractivity contribution >= 4 is 22.6 Å². The van der Waals surface area contributed by atoms with Gasteiger partial charge in [0.05, 0.1) is 5.56 Å². The molecule has 0 spiro atoms. The number of amides is 1. The van der Waals surface area contributed by atoms with Gasteiger partial charge in [0, 0.05) is 11.9 Å². The third-order valence-electron chi connectivity index (χ3n) is 3.20. The van der Waals surface area contributed by atoms with Crippen molar-refractivity contribution in [3.63, 3.8) is 0 Å². The minimum atomic E-state index is -0.581. The van der Waals surface area contributed by atoms with Crippen LogP contribution in [-0.2, 0) is 6.54 Å². The Morgan fingerprint density at radius 2 is 2.00 bits per heavy atom. The molecule has 0 aliphatic heterocycles. The van der Waals surface area contributed by atoms with Crippen molar-refractivity contribution in [1.82, 2.24) is 15.4 Å². The number of hydrogen-bond acceptors (Lipinski definition) is 5. The molecule has 3 N–H and O–H groups in total. The van der Waals surface area contributed by atoms with Crippen molar-refractivity contribution in [2.45, 2.75) is 6.54 Å². The number of carbonyl (C=O) groups is 1. The first-order chi connectivity index (χ1) is 10.6. The van der Waals surface area contributed by atoms with Crippen molar-refractivity contribution in [2.24, 2.45) is 5.73 Å². The summed E-state index contributed by atoms with van der Waals surface area (Å²) >= 11 is 0. The average Bonchev–Trinajstić information content (AvgIpc) is 2.52. The van der Waals surface area contributed by atoms with Crippen LogP contribution in [0.3, 0.4) is 0 Å². The van der Waals surface area contributed by atoms with Crippen LogP contribution >= 0.6 is 0 Å². The molecule has 110 valence electrons. The molecule has 0 aliphatic carbocycles. The fourth-order valence-corrected chi connectivity index (χ4v) is 2.17. The second-order valence-corrected chi connectivity index (χ2v) is 4.69. The van der Waals surface area contributed by atoms with Crippen molar-refractivity contribution in [2.75, 3.05) is 5.32 Å². The molecule has 1 aromatic heterocycles. The molecule has 1 heterocycles. The minimum Gasteiger partial charge on any atom is -0.366 e. The topological polar surface area (TPSA) is 93.8 Å². The lowest BCUT2D eigenvalue weighted by Gasteiger charge is -2.08. The standard InChI is InChI=1S/C15H12FN5O/c16-10-4-1-3-9(7-10)8-18-15-12-6-2-5-11(14(17)22)13(12)19-21-20-15/h1-7H,8H2,(H2,17,22)(H,18,19,20). The van der Waals surface area contributed by atoms with Crippen molar-refractivity contribution in [3.05, 3.63) is 59.4 Å². The molecular weight excluding hydrogens is 285 g/mol. The van der Waals surface area contributed by atoms with Crippen LogP contribution in [-0.4, -0.2) is 21.3 Å². The van der Waals surface area contributed by atoms with Gasteiger partial charge in [0.1, 0.15) is 11.3 Å². The predicted octanol–water partition coefficient (Wildman–Crippen LogP) is 1.87. The van der Waals surface area contributed by atoms with Crippen LogP contribution < -0.4 is 11.1 Å². The molecule has 3 rings (SSSR count). The SMILES string of the molecule is NC(=O)c1cccc2c(NCc3cccc(F)c3)nnnc12. The first-order valence-electron chi connectivity index (χ1n) is 6.55. The van der Waals surface area contributed by atoms with Crippen molar-refractivity contribution < 1.29 is 9.18 Å². The number of nitrogens with one attached hydrogen (secondary N) is 1. The normalized spacial score (nSPS) is 10.6. The number of carbonyl (C=O) groups excluding carboxylic acids is 1. The Kier molecular flexibility index (Phi) is 3.61. The predicted molar refractivity (Wildman–Crippen MR) is 79.6 cm³/mol. The number of anilines is 1. The molecule has 6 nitrogen and oxygen atoms in total. The third-order valence-corrected chi connectivity index (χ3v) is 3.20. The number of hydrogen-bond donors (Lipinski definition) is 2. The molecule has 3 aromatic rings. The summed E-state index contributed by atoms with van der Waals surface area (Å²) in [6, 6.07) is 11.3. The molecule has 0 bridgehead atoms. The summed E-state index contributed by atoms with van der Waals surface area (Å²) in [7, 11) is 0. The second kappa shape index (κ2) is 5.72. The van der Waals surface area contributed by atoms with E-state index < -0.39 is 5.91 Å². The van der Waals surface area contributed by atoms with Gasteiger partial charge >= 0.3 is 0 Å². The van der Waals surface area contributed by atoms with Crippen LogP contribution in [0.5, 0.6) is 0 Å². The molecule has 0 saturated heterocycles. The van der Waals surface area contributed by atoms with Gasteiger partial charge in [-0.1, -0.05) is 18.2 Å². The highest BCUT2D eigenvalue weighted by atomic mass is 19.1. The van der Waals surface area contributed by atoms with Gasteiger partial charge in [-0.3, -0.25) is 4.79 Å². The fraction of sp³-hybridized carbons (Fsp3) is 0.0667. The molecule has 2 aromatic carbocycles. The van der Waals surface area contributed by atoms with Gasteiger partial charge in [0.15, 0.2) is 5.82 Å². The van der Waals surface area contributed by atoms with Crippen LogP contribution in [0.15, 0.2) is 42.5 Å². The maximum absolute atomic E-state index is 13.2.